The van der Waals surface area contributed by atoms with Gasteiger partial charge in [-0.1, -0.05) is 60.1 Å². The number of carbonyl (C=O) groups excluding carboxylic acids is 2. The molecule has 0 bridgehead atoms. The molecular formula is C31H35ClN4O3. The summed E-state index contributed by atoms with van der Waals surface area (Å²) in [5, 5.41) is 1.78. The van der Waals surface area contributed by atoms with Crippen molar-refractivity contribution >= 4 is 40.5 Å². The zero-order valence-corrected chi connectivity index (χ0v) is 23.5. The van der Waals surface area contributed by atoms with Crippen LogP contribution in [0.4, 0.5) is 17.1 Å². The Balaban J connectivity index is 1.50. The van der Waals surface area contributed by atoms with Crippen molar-refractivity contribution in [2.75, 3.05) is 50.6 Å². The number of hydrogen-bond donors (Lipinski definition) is 0. The molecule has 1 aliphatic heterocycles. The molecule has 8 heteroatoms. The summed E-state index contributed by atoms with van der Waals surface area (Å²) in [6.45, 7) is 2.75. The van der Waals surface area contributed by atoms with E-state index in [0.29, 0.717) is 23.7 Å². The van der Waals surface area contributed by atoms with Crippen molar-refractivity contribution in [3.63, 3.8) is 0 Å². The summed E-state index contributed by atoms with van der Waals surface area (Å²) in [6.07, 6.45) is 5.22. The highest BCUT2D eigenvalue weighted by atomic mass is 35.5. The van der Waals surface area contributed by atoms with Crippen molar-refractivity contribution in [2.24, 2.45) is 0 Å². The number of anilines is 3. The molecule has 0 spiro atoms. The fraction of sp³-hybridized carbons (Fsp3) is 0.290. The highest BCUT2D eigenvalue weighted by Gasteiger charge is 2.31. The van der Waals surface area contributed by atoms with Gasteiger partial charge >= 0.3 is 0 Å². The number of rotatable bonds is 11. The molecule has 2 amide bonds. The van der Waals surface area contributed by atoms with Crippen LogP contribution in [0.15, 0.2) is 84.9 Å². The van der Waals surface area contributed by atoms with Gasteiger partial charge < -0.3 is 14.7 Å². The Hall–Kier alpha value is -3.65. The molecule has 0 saturated heterocycles. The van der Waals surface area contributed by atoms with Gasteiger partial charge in [0.25, 0.3) is 11.8 Å². The molecule has 3 aromatic carbocycles. The third-order valence-corrected chi connectivity index (χ3v) is 7.04. The van der Waals surface area contributed by atoms with E-state index in [2.05, 4.69) is 15.9 Å². The normalized spacial score (nSPS) is 13.0. The van der Waals surface area contributed by atoms with Gasteiger partial charge in [-0.15, -0.1) is 0 Å². The van der Waals surface area contributed by atoms with E-state index in [4.69, 9.17) is 16.4 Å². The molecule has 0 aliphatic carbocycles. The maximum absolute atomic E-state index is 13.9. The second-order valence-electron chi connectivity index (χ2n) is 9.57. The van der Waals surface area contributed by atoms with E-state index in [1.54, 1.807) is 13.1 Å². The first-order valence-corrected chi connectivity index (χ1v) is 13.5. The number of fused-ring (bicyclic) bond motifs is 2. The molecule has 3 aromatic rings. The number of unbranched alkanes of at least 4 members (excludes halogenated alkanes) is 1. The minimum absolute atomic E-state index is 0.0411. The summed E-state index contributed by atoms with van der Waals surface area (Å²) < 4.78 is 0. The number of para-hydroxylation sites is 2. The van der Waals surface area contributed by atoms with Gasteiger partial charge in [0.2, 0.25) is 0 Å². The van der Waals surface area contributed by atoms with Crippen molar-refractivity contribution in [3.05, 3.63) is 101 Å². The summed E-state index contributed by atoms with van der Waals surface area (Å²) in [4.78, 5) is 36.9. The number of benzene rings is 3. The van der Waals surface area contributed by atoms with Crippen molar-refractivity contribution in [1.29, 1.82) is 0 Å². The fourth-order valence-corrected chi connectivity index (χ4v) is 4.82. The van der Waals surface area contributed by atoms with Gasteiger partial charge in [0.1, 0.15) is 0 Å². The van der Waals surface area contributed by atoms with Gasteiger partial charge in [-0.25, -0.2) is 5.06 Å². The molecule has 0 unspecified atom stereocenters. The molecule has 0 atom stereocenters. The second-order valence-corrected chi connectivity index (χ2v) is 10.0. The standard InChI is InChI=1S/C31H35ClN4O3/c1-33(20-11-16-30(37)34(2)39-3)19-9-10-21-35-27-14-7-8-15-28(27)36(23-24-12-5-4-6-13-24)31(38)26-18-17-25(32)22-29(26)35/h4-8,11-18,22H,9-10,19-21,23H2,1-3H3/b16-11+. The summed E-state index contributed by atoms with van der Waals surface area (Å²) in [5.41, 5.74) is 4.40. The number of likely N-dealkylation sites (N-methyl/N-ethyl adjacent to an activating group) is 2. The van der Waals surface area contributed by atoms with Crippen molar-refractivity contribution in [2.45, 2.75) is 19.4 Å². The summed E-state index contributed by atoms with van der Waals surface area (Å²) in [6, 6.07) is 23.6. The zero-order chi connectivity index (χ0) is 27.8. The minimum Gasteiger partial charge on any atom is -0.339 e. The Morgan fingerprint density at radius 2 is 1.62 bits per heavy atom. The molecule has 0 aromatic heterocycles. The Kier molecular flexibility index (Phi) is 9.76. The lowest BCUT2D eigenvalue weighted by Gasteiger charge is -2.28. The van der Waals surface area contributed by atoms with Crippen molar-refractivity contribution in [3.8, 4) is 0 Å². The van der Waals surface area contributed by atoms with Crippen LogP contribution in [0.1, 0.15) is 28.8 Å². The Morgan fingerprint density at radius 1 is 0.923 bits per heavy atom. The van der Waals surface area contributed by atoms with Gasteiger partial charge in [0, 0.05) is 31.2 Å². The first-order valence-electron chi connectivity index (χ1n) is 13.1. The van der Waals surface area contributed by atoms with E-state index in [-0.39, 0.29) is 11.8 Å². The number of amides is 2. The monoisotopic (exact) mass is 546 g/mol. The Bertz CT molecular complexity index is 1310. The highest BCUT2D eigenvalue weighted by Crippen LogP contribution is 2.42. The number of carbonyl (C=O) groups is 2. The lowest BCUT2D eigenvalue weighted by atomic mass is 10.1. The van der Waals surface area contributed by atoms with Crippen LogP contribution in [-0.2, 0) is 16.2 Å². The van der Waals surface area contributed by atoms with Crippen LogP contribution >= 0.6 is 11.6 Å². The Labute approximate surface area is 235 Å². The fourth-order valence-electron chi connectivity index (χ4n) is 4.65. The minimum atomic E-state index is -0.195. The first-order chi connectivity index (χ1) is 18.9. The topological polar surface area (TPSA) is 56.3 Å². The summed E-state index contributed by atoms with van der Waals surface area (Å²) in [7, 11) is 5.08. The molecule has 1 aliphatic rings. The van der Waals surface area contributed by atoms with Crippen LogP contribution < -0.4 is 9.80 Å². The lowest BCUT2D eigenvalue weighted by molar-refractivity contribution is -0.162. The lowest BCUT2D eigenvalue weighted by Crippen LogP contribution is -2.29. The van der Waals surface area contributed by atoms with E-state index in [1.165, 1.54) is 18.2 Å². The second kappa shape index (κ2) is 13.4. The predicted molar refractivity (Wildman–Crippen MR) is 158 cm³/mol. The van der Waals surface area contributed by atoms with E-state index in [9.17, 15) is 9.59 Å². The number of hydroxylamine groups is 2. The summed E-state index contributed by atoms with van der Waals surface area (Å²) in [5.74, 6) is -0.237. The zero-order valence-electron chi connectivity index (χ0n) is 22.7. The third kappa shape index (κ3) is 7.06. The quantitative estimate of drug-likeness (QED) is 0.170. The van der Waals surface area contributed by atoms with Crippen molar-refractivity contribution < 1.29 is 14.4 Å². The third-order valence-electron chi connectivity index (χ3n) is 6.81. The number of nitrogens with zero attached hydrogens (tertiary/aromatic N) is 4. The largest absolute Gasteiger partial charge is 0.339 e. The molecule has 1 heterocycles. The summed E-state index contributed by atoms with van der Waals surface area (Å²) >= 11 is 6.44. The van der Waals surface area contributed by atoms with Crippen molar-refractivity contribution in [1.82, 2.24) is 9.96 Å². The first kappa shape index (κ1) is 28.4. The molecule has 39 heavy (non-hydrogen) atoms. The van der Waals surface area contributed by atoms with Crippen LogP contribution in [0.3, 0.4) is 0 Å². The molecule has 0 radical (unpaired) electrons. The van der Waals surface area contributed by atoms with E-state index in [1.807, 2.05) is 78.7 Å². The predicted octanol–water partition coefficient (Wildman–Crippen LogP) is 5.93. The van der Waals surface area contributed by atoms with Crippen LogP contribution in [-0.4, -0.2) is 62.6 Å². The van der Waals surface area contributed by atoms with Crippen LogP contribution in [0.5, 0.6) is 0 Å². The molecule has 7 nitrogen and oxygen atoms in total. The van der Waals surface area contributed by atoms with Crippen LogP contribution in [0.25, 0.3) is 0 Å². The smallest absolute Gasteiger partial charge is 0.269 e. The molecule has 0 N–H and O–H groups in total. The van der Waals surface area contributed by atoms with Gasteiger partial charge in [0.15, 0.2) is 0 Å². The molecular weight excluding hydrogens is 512 g/mol. The van der Waals surface area contributed by atoms with Crippen LogP contribution in [0.2, 0.25) is 5.02 Å². The van der Waals surface area contributed by atoms with E-state index >= 15 is 0 Å². The number of halogens is 1. The number of hydrogen-bond acceptors (Lipinski definition) is 5. The van der Waals surface area contributed by atoms with Gasteiger partial charge in [0.05, 0.1) is 36.3 Å². The molecule has 204 valence electrons. The average molecular weight is 547 g/mol. The SMILES string of the molecule is CON(C)C(=O)/C=C/CN(C)CCCCN1c2cc(Cl)ccc2C(=O)N(Cc2ccccc2)c2ccccc21. The van der Waals surface area contributed by atoms with Gasteiger partial charge in [-0.05, 0) is 62.3 Å². The maximum Gasteiger partial charge on any atom is 0.269 e. The van der Waals surface area contributed by atoms with E-state index < -0.39 is 0 Å². The van der Waals surface area contributed by atoms with Gasteiger partial charge in [-0.3, -0.25) is 14.4 Å². The Morgan fingerprint density at radius 3 is 2.33 bits per heavy atom. The van der Waals surface area contributed by atoms with Crippen LogP contribution in [0, 0.1) is 0 Å². The van der Waals surface area contributed by atoms with E-state index in [0.717, 1.165) is 48.6 Å². The maximum atomic E-state index is 13.9. The highest BCUT2D eigenvalue weighted by molar-refractivity contribution is 6.31. The van der Waals surface area contributed by atoms with Gasteiger partial charge in [-0.2, -0.15) is 0 Å². The average Bonchev–Trinajstić information content (AvgIpc) is 3.04. The molecule has 0 saturated carbocycles. The molecule has 4 rings (SSSR count). The molecule has 0 fully saturated rings.